The molecule has 2 aromatic rings. The van der Waals surface area contributed by atoms with E-state index in [1.54, 1.807) is 20.8 Å². The van der Waals surface area contributed by atoms with Crippen LogP contribution >= 0.6 is 23.2 Å². The summed E-state index contributed by atoms with van der Waals surface area (Å²) in [7, 11) is -2.53. The van der Waals surface area contributed by atoms with Gasteiger partial charge in [-0.25, -0.2) is 18.2 Å². The molecule has 148 valence electrons. The van der Waals surface area contributed by atoms with Crippen LogP contribution in [0, 0.1) is 5.82 Å². The molecule has 11 heteroatoms. The number of hydrogen-bond acceptors (Lipinski definition) is 4. The lowest BCUT2D eigenvalue weighted by Gasteiger charge is -2.20. The number of carbonyl (C=O) groups is 1. The number of carbonyl (C=O) groups excluding carboxylic acids is 1. The number of hydrogen-bond donors (Lipinski definition) is 3. The molecule has 0 bridgehead atoms. The fraction of sp³-hybridized carbons (Fsp3) is 0.312. The van der Waals surface area contributed by atoms with Gasteiger partial charge in [0.15, 0.2) is 0 Å². The standard InChI is InChI=1S/C16H19Cl2FN4O3S/c1-16(2,3)21-22-27(25,26)12-8-23(4)14(13(12)18)15(24)20-9-5-6-11(19)10(17)7-9/h5-8,21-22H,1-4H3,(H,20,24). The first kappa shape index (κ1) is 21.6. The van der Waals surface area contributed by atoms with E-state index in [1.807, 2.05) is 0 Å². The van der Waals surface area contributed by atoms with Crippen molar-refractivity contribution < 1.29 is 17.6 Å². The van der Waals surface area contributed by atoms with Gasteiger partial charge in [0.2, 0.25) is 0 Å². The molecule has 0 aliphatic rings. The molecule has 1 aromatic heterocycles. The van der Waals surface area contributed by atoms with Crippen molar-refractivity contribution in [2.45, 2.75) is 31.2 Å². The van der Waals surface area contributed by atoms with E-state index in [4.69, 9.17) is 23.2 Å². The molecule has 0 aliphatic heterocycles. The maximum absolute atomic E-state index is 13.2. The summed E-state index contributed by atoms with van der Waals surface area (Å²) in [5.41, 5.74) is 2.28. The van der Waals surface area contributed by atoms with Crippen molar-refractivity contribution in [3.05, 3.63) is 46.0 Å². The quantitative estimate of drug-likeness (QED) is 0.626. The van der Waals surface area contributed by atoms with Gasteiger partial charge in [0.1, 0.15) is 16.4 Å². The van der Waals surface area contributed by atoms with Crippen molar-refractivity contribution >= 4 is 44.8 Å². The van der Waals surface area contributed by atoms with Gasteiger partial charge in [0.25, 0.3) is 15.9 Å². The summed E-state index contributed by atoms with van der Waals surface area (Å²) in [5, 5.41) is 2.10. The first-order valence-corrected chi connectivity index (χ1v) is 9.96. The minimum absolute atomic E-state index is 0.0757. The van der Waals surface area contributed by atoms with E-state index in [9.17, 15) is 17.6 Å². The highest BCUT2D eigenvalue weighted by molar-refractivity contribution is 7.89. The SMILES string of the molecule is Cn1cc(S(=O)(=O)NNC(C)(C)C)c(Cl)c1C(=O)Nc1ccc(F)c(Cl)c1. The molecule has 27 heavy (non-hydrogen) atoms. The summed E-state index contributed by atoms with van der Waals surface area (Å²) in [6.07, 6.45) is 1.22. The van der Waals surface area contributed by atoms with Gasteiger partial charge in [-0.05, 0) is 39.0 Å². The van der Waals surface area contributed by atoms with Gasteiger partial charge >= 0.3 is 0 Å². The van der Waals surface area contributed by atoms with Crippen LogP contribution in [0.3, 0.4) is 0 Å². The Morgan fingerprint density at radius 2 is 1.85 bits per heavy atom. The van der Waals surface area contributed by atoms with Crippen LogP contribution in [0.15, 0.2) is 29.3 Å². The van der Waals surface area contributed by atoms with E-state index in [0.29, 0.717) is 0 Å². The third-order valence-corrected chi connectivity index (χ3v) is 5.37. The molecule has 3 N–H and O–H groups in total. The molecule has 1 heterocycles. The Hall–Kier alpha value is -1.65. The Morgan fingerprint density at radius 1 is 1.22 bits per heavy atom. The average molecular weight is 437 g/mol. The van der Waals surface area contributed by atoms with Gasteiger partial charge in [-0.3, -0.25) is 4.79 Å². The summed E-state index contributed by atoms with van der Waals surface area (Å²) in [6, 6.07) is 3.66. The monoisotopic (exact) mass is 436 g/mol. The van der Waals surface area contributed by atoms with Crippen LogP contribution in [0.5, 0.6) is 0 Å². The first-order valence-electron chi connectivity index (χ1n) is 7.72. The van der Waals surface area contributed by atoms with Crippen molar-refractivity contribution in [2.24, 2.45) is 7.05 Å². The number of anilines is 1. The molecule has 0 fully saturated rings. The van der Waals surface area contributed by atoms with Gasteiger partial charge in [0, 0.05) is 24.5 Å². The summed E-state index contributed by atoms with van der Waals surface area (Å²) in [6.45, 7) is 5.32. The molecule has 0 aliphatic carbocycles. The second kappa shape index (κ2) is 7.76. The predicted octanol–water partition coefficient (Wildman–Crippen LogP) is 3.30. The maximum Gasteiger partial charge on any atom is 0.273 e. The van der Waals surface area contributed by atoms with Crippen LogP contribution in [0.4, 0.5) is 10.1 Å². The number of nitrogens with one attached hydrogen (secondary N) is 3. The fourth-order valence-electron chi connectivity index (χ4n) is 2.06. The Kier molecular flexibility index (Phi) is 6.23. The second-order valence-electron chi connectivity index (χ2n) is 6.83. The third kappa shape index (κ3) is 5.20. The number of hydrazine groups is 1. The molecule has 7 nitrogen and oxygen atoms in total. The molecule has 0 saturated carbocycles. The van der Waals surface area contributed by atoms with Crippen LogP contribution in [0.2, 0.25) is 10.0 Å². The van der Waals surface area contributed by atoms with E-state index >= 15 is 0 Å². The summed E-state index contributed by atoms with van der Waals surface area (Å²) in [4.78, 5) is 14.5. The average Bonchev–Trinajstić information content (AvgIpc) is 2.84. The molecule has 2 rings (SSSR count). The minimum atomic E-state index is -4.01. The zero-order chi connectivity index (χ0) is 20.6. The molecule has 1 aromatic carbocycles. The van der Waals surface area contributed by atoms with Gasteiger partial charge in [-0.15, -0.1) is 4.83 Å². The lowest BCUT2D eigenvalue weighted by Crippen LogP contribution is -2.48. The summed E-state index contributed by atoms with van der Waals surface area (Å²) in [5.74, 6) is -1.30. The highest BCUT2D eigenvalue weighted by Gasteiger charge is 2.28. The highest BCUT2D eigenvalue weighted by atomic mass is 35.5. The molecule has 1 amide bonds. The van der Waals surface area contributed by atoms with Crippen molar-refractivity contribution in [1.82, 2.24) is 14.8 Å². The van der Waals surface area contributed by atoms with Crippen LogP contribution in [-0.4, -0.2) is 24.4 Å². The molecule has 0 atom stereocenters. The van der Waals surface area contributed by atoms with Gasteiger partial charge in [0.05, 0.1) is 10.0 Å². The number of halogens is 3. The zero-order valence-corrected chi connectivity index (χ0v) is 17.4. The lowest BCUT2D eigenvalue weighted by atomic mass is 10.1. The van der Waals surface area contributed by atoms with E-state index < -0.39 is 27.3 Å². The molecule has 0 saturated heterocycles. The summed E-state index contributed by atoms with van der Waals surface area (Å²) < 4.78 is 39.4. The van der Waals surface area contributed by atoms with Crippen LogP contribution in [0.25, 0.3) is 0 Å². The molecular weight excluding hydrogens is 418 g/mol. The number of amides is 1. The number of benzene rings is 1. The van der Waals surface area contributed by atoms with Gasteiger partial charge in [-0.2, -0.15) is 0 Å². The molecular formula is C16H19Cl2FN4O3S. The van der Waals surface area contributed by atoms with Crippen LogP contribution < -0.4 is 15.6 Å². The van der Waals surface area contributed by atoms with Crippen molar-refractivity contribution in [1.29, 1.82) is 0 Å². The topological polar surface area (TPSA) is 92.2 Å². The van der Waals surface area contributed by atoms with Gasteiger partial charge in [-0.1, -0.05) is 23.2 Å². The Morgan fingerprint density at radius 3 is 2.41 bits per heavy atom. The first-order chi connectivity index (χ1) is 12.3. The predicted molar refractivity (Wildman–Crippen MR) is 103 cm³/mol. The second-order valence-corrected chi connectivity index (χ2v) is 9.27. The lowest BCUT2D eigenvalue weighted by molar-refractivity contribution is 0.101. The Balaban J connectivity index is 2.31. The Bertz CT molecular complexity index is 984. The highest BCUT2D eigenvalue weighted by Crippen LogP contribution is 2.28. The number of nitrogens with zero attached hydrogens (tertiary/aromatic N) is 1. The van der Waals surface area contributed by atoms with E-state index in [2.05, 4.69) is 15.6 Å². The van der Waals surface area contributed by atoms with Crippen molar-refractivity contribution in [3.63, 3.8) is 0 Å². The normalized spacial score (nSPS) is 12.3. The largest absolute Gasteiger partial charge is 0.344 e. The molecule has 0 radical (unpaired) electrons. The third-order valence-electron chi connectivity index (χ3n) is 3.33. The van der Waals surface area contributed by atoms with Crippen molar-refractivity contribution in [2.75, 3.05) is 5.32 Å². The van der Waals surface area contributed by atoms with E-state index in [-0.39, 0.29) is 26.3 Å². The minimum Gasteiger partial charge on any atom is -0.344 e. The van der Waals surface area contributed by atoms with Gasteiger partial charge < -0.3 is 9.88 Å². The van der Waals surface area contributed by atoms with E-state index in [1.165, 1.54) is 29.9 Å². The zero-order valence-electron chi connectivity index (χ0n) is 15.0. The number of aromatic nitrogens is 1. The number of sulfonamides is 1. The Labute approximate surface area is 166 Å². The molecule has 0 unspecified atom stereocenters. The smallest absolute Gasteiger partial charge is 0.273 e. The van der Waals surface area contributed by atoms with Crippen LogP contribution in [-0.2, 0) is 17.1 Å². The maximum atomic E-state index is 13.2. The van der Waals surface area contributed by atoms with E-state index in [0.717, 1.165) is 6.07 Å². The van der Waals surface area contributed by atoms with Crippen molar-refractivity contribution in [3.8, 4) is 0 Å². The molecule has 0 spiro atoms. The van der Waals surface area contributed by atoms with Crippen LogP contribution in [0.1, 0.15) is 31.3 Å². The fourth-order valence-corrected chi connectivity index (χ4v) is 3.99. The summed E-state index contributed by atoms with van der Waals surface area (Å²) >= 11 is 11.9. The number of rotatable bonds is 5. The number of aryl methyl sites for hydroxylation is 1.